The van der Waals surface area contributed by atoms with Crippen molar-refractivity contribution in [2.45, 2.75) is 32.9 Å². The Morgan fingerprint density at radius 1 is 1.18 bits per heavy atom. The summed E-state index contributed by atoms with van der Waals surface area (Å²) in [6.45, 7) is 4.76. The second-order valence-corrected chi connectivity index (χ2v) is 5.44. The van der Waals surface area contributed by atoms with Crippen molar-refractivity contribution in [3.8, 4) is 17.0 Å². The van der Waals surface area contributed by atoms with E-state index < -0.39 is 0 Å². The smallest absolute Gasteiger partial charge is 0.255 e. The number of nitrogens with zero attached hydrogens (tertiary/aromatic N) is 1. The number of pyridine rings is 1. The fourth-order valence-corrected chi connectivity index (χ4v) is 2.54. The second kappa shape index (κ2) is 7.27. The summed E-state index contributed by atoms with van der Waals surface area (Å²) < 4.78 is 7.10. The van der Waals surface area contributed by atoms with Gasteiger partial charge >= 0.3 is 0 Å². The van der Waals surface area contributed by atoms with E-state index >= 15 is 0 Å². The number of hydrogen-bond donors (Lipinski definition) is 1. The lowest BCUT2D eigenvalue weighted by Crippen LogP contribution is -2.29. The molecular weight excluding hydrogens is 276 g/mol. The van der Waals surface area contributed by atoms with Gasteiger partial charge in [0.1, 0.15) is 5.75 Å². The molecule has 1 aromatic heterocycles. The minimum absolute atomic E-state index is 0.0806. The Kier molecular flexibility index (Phi) is 5.39. The first kappa shape index (κ1) is 16.3. The van der Waals surface area contributed by atoms with Crippen molar-refractivity contribution in [3.63, 3.8) is 0 Å². The Hall–Kier alpha value is -2.07. The molecule has 0 aliphatic rings. The van der Waals surface area contributed by atoms with E-state index in [0.717, 1.165) is 29.0 Å². The molecule has 1 aromatic carbocycles. The number of methoxy groups -OCH3 is 1. The van der Waals surface area contributed by atoms with Crippen LogP contribution >= 0.6 is 0 Å². The molecule has 4 heteroatoms. The van der Waals surface area contributed by atoms with Crippen molar-refractivity contribution in [2.24, 2.45) is 0 Å². The highest BCUT2D eigenvalue weighted by atomic mass is 16.5. The number of aromatic nitrogens is 1. The molecule has 2 rings (SSSR count). The first-order valence-corrected chi connectivity index (χ1v) is 7.65. The maximum Gasteiger partial charge on any atom is 0.255 e. The molecular formula is C18H24N2O2. The van der Waals surface area contributed by atoms with Crippen LogP contribution in [0.15, 0.2) is 41.2 Å². The van der Waals surface area contributed by atoms with Crippen molar-refractivity contribution >= 4 is 0 Å². The summed E-state index contributed by atoms with van der Waals surface area (Å²) in [4.78, 5) is 12.8. The summed E-state index contributed by atoms with van der Waals surface area (Å²) in [6, 6.07) is 11.9. The Balaban J connectivity index is 2.58. The zero-order chi connectivity index (χ0) is 16.1. The van der Waals surface area contributed by atoms with Gasteiger partial charge in [-0.3, -0.25) is 4.79 Å². The molecule has 0 aliphatic carbocycles. The van der Waals surface area contributed by atoms with Crippen LogP contribution in [-0.2, 0) is 6.54 Å². The summed E-state index contributed by atoms with van der Waals surface area (Å²) in [5.41, 5.74) is 2.84. The fraction of sp³-hybridized carbons (Fsp3) is 0.389. The normalized spacial score (nSPS) is 12.2. The number of hydrogen-bond acceptors (Lipinski definition) is 3. The van der Waals surface area contributed by atoms with E-state index in [9.17, 15) is 4.79 Å². The van der Waals surface area contributed by atoms with Crippen LogP contribution in [0.1, 0.15) is 31.9 Å². The van der Waals surface area contributed by atoms with Gasteiger partial charge in [-0.1, -0.05) is 13.0 Å². The molecule has 1 atom stereocenters. The maximum absolute atomic E-state index is 12.8. The molecule has 0 spiro atoms. The molecule has 2 aromatic rings. The highest BCUT2D eigenvalue weighted by Crippen LogP contribution is 2.25. The van der Waals surface area contributed by atoms with Crippen molar-refractivity contribution < 1.29 is 4.74 Å². The van der Waals surface area contributed by atoms with Crippen LogP contribution in [0, 0.1) is 0 Å². The van der Waals surface area contributed by atoms with Crippen molar-refractivity contribution in [2.75, 3.05) is 14.2 Å². The van der Waals surface area contributed by atoms with Crippen LogP contribution in [0.25, 0.3) is 11.3 Å². The van der Waals surface area contributed by atoms with E-state index in [-0.39, 0.29) is 11.6 Å². The van der Waals surface area contributed by atoms with Gasteiger partial charge in [-0.05, 0) is 56.3 Å². The molecule has 0 amide bonds. The third-order valence-electron chi connectivity index (χ3n) is 3.98. The molecule has 0 saturated heterocycles. The van der Waals surface area contributed by atoms with Crippen molar-refractivity contribution in [1.82, 2.24) is 9.88 Å². The summed E-state index contributed by atoms with van der Waals surface area (Å²) in [5.74, 6) is 0.813. The molecule has 0 radical (unpaired) electrons. The Bertz CT molecular complexity index is 674. The second-order valence-electron chi connectivity index (χ2n) is 5.44. The van der Waals surface area contributed by atoms with E-state index in [1.807, 2.05) is 48.0 Å². The quantitative estimate of drug-likeness (QED) is 0.891. The van der Waals surface area contributed by atoms with Crippen molar-refractivity contribution in [3.05, 3.63) is 52.3 Å². The minimum atomic E-state index is 0.0806. The van der Waals surface area contributed by atoms with E-state index in [2.05, 4.69) is 19.2 Å². The first-order valence-electron chi connectivity index (χ1n) is 7.65. The Labute approximate surface area is 131 Å². The standard InChI is InChI=1S/C18H24N2O2/c1-5-13(2)20-17(11-8-15(12-19-3)18(20)21)14-6-9-16(22-4)10-7-14/h6-11,13,19H,5,12H2,1-4H3. The predicted molar refractivity (Wildman–Crippen MR) is 90.5 cm³/mol. The number of nitrogens with one attached hydrogen (secondary N) is 1. The van der Waals surface area contributed by atoms with Crippen LogP contribution in [0.3, 0.4) is 0 Å². The zero-order valence-electron chi connectivity index (χ0n) is 13.7. The third kappa shape index (κ3) is 3.22. The van der Waals surface area contributed by atoms with Gasteiger partial charge in [-0.2, -0.15) is 0 Å². The first-order chi connectivity index (χ1) is 10.6. The van der Waals surface area contributed by atoms with E-state index in [1.54, 1.807) is 7.11 Å². The topological polar surface area (TPSA) is 43.3 Å². The molecule has 0 fully saturated rings. The minimum Gasteiger partial charge on any atom is -0.497 e. The molecule has 22 heavy (non-hydrogen) atoms. The highest BCUT2D eigenvalue weighted by Gasteiger charge is 2.14. The van der Waals surface area contributed by atoms with E-state index in [1.165, 1.54) is 0 Å². The summed E-state index contributed by atoms with van der Waals surface area (Å²) >= 11 is 0. The summed E-state index contributed by atoms with van der Waals surface area (Å²) in [6.07, 6.45) is 0.909. The lowest BCUT2D eigenvalue weighted by atomic mass is 10.1. The van der Waals surface area contributed by atoms with Gasteiger partial charge in [-0.15, -0.1) is 0 Å². The molecule has 0 bridgehead atoms. The van der Waals surface area contributed by atoms with Gasteiger partial charge in [-0.25, -0.2) is 0 Å². The van der Waals surface area contributed by atoms with Crippen LogP contribution < -0.4 is 15.6 Å². The lowest BCUT2D eigenvalue weighted by Gasteiger charge is -2.20. The largest absolute Gasteiger partial charge is 0.497 e. The summed E-state index contributed by atoms with van der Waals surface area (Å²) in [7, 11) is 3.50. The van der Waals surface area contributed by atoms with Crippen molar-refractivity contribution in [1.29, 1.82) is 0 Å². The Morgan fingerprint density at radius 3 is 2.41 bits per heavy atom. The molecule has 118 valence electrons. The number of benzene rings is 1. The molecule has 1 heterocycles. The molecule has 4 nitrogen and oxygen atoms in total. The SMILES string of the molecule is CCC(C)n1c(-c2ccc(OC)cc2)ccc(CNC)c1=O. The number of ether oxygens (including phenoxy) is 1. The van der Waals surface area contributed by atoms with Gasteiger partial charge in [0.05, 0.1) is 12.8 Å². The Morgan fingerprint density at radius 2 is 1.86 bits per heavy atom. The van der Waals surface area contributed by atoms with Crippen LogP contribution in [0.4, 0.5) is 0 Å². The van der Waals surface area contributed by atoms with E-state index in [4.69, 9.17) is 4.74 Å². The van der Waals surface area contributed by atoms with Crippen LogP contribution in [0.2, 0.25) is 0 Å². The number of rotatable bonds is 6. The lowest BCUT2D eigenvalue weighted by molar-refractivity contribution is 0.415. The van der Waals surface area contributed by atoms with Crippen LogP contribution in [-0.4, -0.2) is 18.7 Å². The van der Waals surface area contributed by atoms with Crippen LogP contribution in [0.5, 0.6) is 5.75 Å². The van der Waals surface area contributed by atoms with Gasteiger partial charge in [0, 0.05) is 18.2 Å². The third-order valence-corrected chi connectivity index (χ3v) is 3.98. The monoisotopic (exact) mass is 300 g/mol. The molecule has 1 unspecified atom stereocenters. The predicted octanol–water partition coefficient (Wildman–Crippen LogP) is 3.21. The highest BCUT2D eigenvalue weighted by molar-refractivity contribution is 5.61. The average molecular weight is 300 g/mol. The van der Waals surface area contributed by atoms with Gasteiger partial charge in [0.2, 0.25) is 0 Å². The molecule has 1 N–H and O–H groups in total. The van der Waals surface area contributed by atoms with E-state index in [0.29, 0.717) is 6.54 Å². The van der Waals surface area contributed by atoms with Gasteiger partial charge in [0.25, 0.3) is 5.56 Å². The average Bonchev–Trinajstić information content (AvgIpc) is 2.56. The molecule has 0 aliphatic heterocycles. The van der Waals surface area contributed by atoms with Gasteiger partial charge in [0.15, 0.2) is 0 Å². The summed E-state index contributed by atoms with van der Waals surface area (Å²) in [5, 5.41) is 3.05. The maximum atomic E-state index is 12.8. The zero-order valence-corrected chi connectivity index (χ0v) is 13.7. The fourth-order valence-electron chi connectivity index (χ4n) is 2.54. The molecule has 0 saturated carbocycles. The van der Waals surface area contributed by atoms with Gasteiger partial charge < -0.3 is 14.6 Å².